The first kappa shape index (κ1) is 14.0. The van der Waals surface area contributed by atoms with Gasteiger partial charge in [-0.2, -0.15) is 17.4 Å². The van der Waals surface area contributed by atoms with Gasteiger partial charge in [0.05, 0.1) is 0 Å². The van der Waals surface area contributed by atoms with Gasteiger partial charge in [-0.3, -0.25) is 0 Å². The van der Waals surface area contributed by atoms with Crippen LogP contribution in [-0.2, 0) is 23.2 Å². The summed E-state index contributed by atoms with van der Waals surface area (Å²) in [5.41, 5.74) is 8.19. The molecule has 1 aromatic rings. The Morgan fingerprint density at radius 2 is 1.95 bits per heavy atom. The summed E-state index contributed by atoms with van der Waals surface area (Å²) in [6.45, 7) is 1.01. The molecule has 3 N–H and O–H groups in total. The summed E-state index contributed by atoms with van der Waals surface area (Å²) in [4.78, 5) is 0. The number of benzene rings is 1. The molecule has 1 heterocycles. The van der Waals surface area contributed by atoms with Crippen molar-refractivity contribution < 1.29 is 8.42 Å². The molecule has 2 aliphatic rings. The van der Waals surface area contributed by atoms with E-state index in [1.54, 1.807) is 4.31 Å². The quantitative estimate of drug-likeness (QED) is 0.864. The molecular formula is C14H21N3O2S. The summed E-state index contributed by atoms with van der Waals surface area (Å²) in [6.07, 6.45) is 3.26. The lowest BCUT2D eigenvalue weighted by molar-refractivity contribution is 0.378. The molecule has 110 valence electrons. The fourth-order valence-electron chi connectivity index (χ4n) is 3.08. The van der Waals surface area contributed by atoms with Crippen LogP contribution in [-0.4, -0.2) is 31.4 Å². The van der Waals surface area contributed by atoms with Crippen molar-refractivity contribution in [3.05, 3.63) is 35.4 Å². The SMILES string of the molecule is N[C@@H]1CC[C@@H](NS(=O)(=O)N2CCc3ccccc3C2)C1. The van der Waals surface area contributed by atoms with Gasteiger partial charge in [0.25, 0.3) is 10.2 Å². The molecule has 0 saturated heterocycles. The van der Waals surface area contributed by atoms with Crippen LogP contribution in [0.3, 0.4) is 0 Å². The molecule has 2 atom stereocenters. The van der Waals surface area contributed by atoms with E-state index in [1.165, 1.54) is 5.56 Å². The van der Waals surface area contributed by atoms with Gasteiger partial charge in [-0.25, -0.2) is 0 Å². The molecule has 0 bridgehead atoms. The van der Waals surface area contributed by atoms with Crippen LogP contribution in [0.1, 0.15) is 30.4 Å². The zero-order valence-electron chi connectivity index (χ0n) is 11.5. The van der Waals surface area contributed by atoms with Crippen LogP contribution in [0, 0.1) is 0 Å². The fraction of sp³-hybridized carbons (Fsp3) is 0.571. The zero-order chi connectivity index (χ0) is 14.2. The van der Waals surface area contributed by atoms with Gasteiger partial charge in [0, 0.05) is 25.2 Å². The number of nitrogens with one attached hydrogen (secondary N) is 1. The minimum Gasteiger partial charge on any atom is -0.328 e. The molecule has 20 heavy (non-hydrogen) atoms. The van der Waals surface area contributed by atoms with Crippen molar-refractivity contribution in [2.75, 3.05) is 6.54 Å². The summed E-state index contributed by atoms with van der Waals surface area (Å²) >= 11 is 0. The highest BCUT2D eigenvalue weighted by molar-refractivity contribution is 7.87. The predicted octanol–water partition coefficient (Wildman–Crippen LogP) is 0.759. The second kappa shape index (κ2) is 5.44. The predicted molar refractivity (Wildman–Crippen MR) is 78.2 cm³/mol. The Morgan fingerprint density at radius 1 is 1.20 bits per heavy atom. The summed E-state index contributed by atoms with van der Waals surface area (Å²) in [7, 11) is -3.41. The third-order valence-electron chi connectivity index (χ3n) is 4.22. The standard InChI is InChI=1S/C14H21N3O2S/c15-13-5-6-14(9-13)16-20(18,19)17-8-7-11-3-1-2-4-12(11)10-17/h1-4,13-14,16H,5-10,15H2/t13-,14-/m1/s1. The van der Waals surface area contributed by atoms with Crippen LogP contribution < -0.4 is 10.5 Å². The lowest BCUT2D eigenvalue weighted by atomic mass is 10.0. The molecule has 0 unspecified atom stereocenters. The van der Waals surface area contributed by atoms with E-state index in [9.17, 15) is 8.42 Å². The van der Waals surface area contributed by atoms with E-state index in [1.807, 2.05) is 18.2 Å². The van der Waals surface area contributed by atoms with E-state index >= 15 is 0 Å². The molecule has 3 rings (SSSR count). The van der Waals surface area contributed by atoms with E-state index in [0.29, 0.717) is 13.1 Å². The van der Waals surface area contributed by atoms with Crippen molar-refractivity contribution >= 4 is 10.2 Å². The molecule has 1 aliphatic heterocycles. The molecule has 1 saturated carbocycles. The van der Waals surface area contributed by atoms with E-state index in [-0.39, 0.29) is 12.1 Å². The Bertz CT molecular complexity index is 588. The summed E-state index contributed by atoms with van der Waals surface area (Å²) in [6, 6.07) is 8.15. The van der Waals surface area contributed by atoms with Gasteiger partial charge >= 0.3 is 0 Å². The highest BCUT2D eigenvalue weighted by atomic mass is 32.2. The number of fused-ring (bicyclic) bond motifs is 1. The van der Waals surface area contributed by atoms with Crippen LogP contribution >= 0.6 is 0 Å². The first-order valence-electron chi connectivity index (χ1n) is 7.14. The van der Waals surface area contributed by atoms with Gasteiger partial charge < -0.3 is 5.73 Å². The fourth-order valence-corrected chi connectivity index (χ4v) is 4.51. The number of hydrogen-bond donors (Lipinski definition) is 2. The molecule has 0 radical (unpaired) electrons. The Labute approximate surface area is 120 Å². The van der Waals surface area contributed by atoms with Crippen molar-refractivity contribution in [3.8, 4) is 0 Å². The number of nitrogens with two attached hydrogens (primary N) is 1. The number of hydrogen-bond acceptors (Lipinski definition) is 3. The second-order valence-electron chi connectivity index (χ2n) is 5.75. The van der Waals surface area contributed by atoms with E-state index < -0.39 is 10.2 Å². The van der Waals surface area contributed by atoms with Crippen LogP contribution in [0.15, 0.2) is 24.3 Å². The first-order valence-corrected chi connectivity index (χ1v) is 8.58. The Kier molecular flexibility index (Phi) is 3.81. The van der Waals surface area contributed by atoms with Gasteiger partial charge in [0.1, 0.15) is 0 Å². The van der Waals surface area contributed by atoms with Crippen molar-refractivity contribution in [1.82, 2.24) is 9.03 Å². The van der Waals surface area contributed by atoms with Gasteiger partial charge in [-0.05, 0) is 36.8 Å². The average molecular weight is 295 g/mol. The molecule has 1 fully saturated rings. The van der Waals surface area contributed by atoms with Crippen LogP contribution in [0.5, 0.6) is 0 Å². The van der Waals surface area contributed by atoms with Crippen LogP contribution in [0.2, 0.25) is 0 Å². The summed E-state index contributed by atoms with van der Waals surface area (Å²) in [5.74, 6) is 0. The highest BCUT2D eigenvalue weighted by Crippen LogP contribution is 2.22. The smallest absolute Gasteiger partial charge is 0.280 e. The maximum absolute atomic E-state index is 12.4. The van der Waals surface area contributed by atoms with Crippen molar-refractivity contribution in [2.24, 2.45) is 5.73 Å². The Balaban J connectivity index is 1.70. The summed E-state index contributed by atoms with van der Waals surface area (Å²) < 4.78 is 29.2. The van der Waals surface area contributed by atoms with Crippen LogP contribution in [0.25, 0.3) is 0 Å². The van der Waals surface area contributed by atoms with Crippen molar-refractivity contribution in [3.63, 3.8) is 0 Å². The molecule has 5 nitrogen and oxygen atoms in total. The Morgan fingerprint density at radius 3 is 2.65 bits per heavy atom. The molecule has 1 aliphatic carbocycles. The maximum atomic E-state index is 12.4. The lowest BCUT2D eigenvalue weighted by Gasteiger charge is -2.29. The molecular weight excluding hydrogens is 274 g/mol. The van der Waals surface area contributed by atoms with E-state index in [0.717, 1.165) is 31.2 Å². The first-order chi connectivity index (χ1) is 9.54. The number of rotatable bonds is 3. The topological polar surface area (TPSA) is 75.4 Å². The molecule has 6 heteroatoms. The lowest BCUT2D eigenvalue weighted by Crippen LogP contribution is -2.46. The molecule has 1 aromatic carbocycles. The van der Waals surface area contributed by atoms with Crippen molar-refractivity contribution in [2.45, 2.75) is 44.3 Å². The van der Waals surface area contributed by atoms with Crippen molar-refractivity contribution in [1.29, 1.82) is 0 Å². The normalized spacial score (nSPS) is 27.4. The third kappa shape index (κ3) is 2.88. The molecule has 0 spiro atoms. The Hall–Kier alpha value is -0.950. The monoisotopic (exact) mass is 295 g/mol. The van der Waals surface area contributed by atoms with Gasteiger partial charge in [-0.15, -0.1) is 0 Å². The maximum Gasteiger partial charge on any atom is 0.280 e. The zero-order valence-corrected chi connectivity index (χ0v) is 12.3. The highest BCUT2D eigenvalue weighted by Gasteiger charge is 2.31. The minimum absolute atomic E-state index is 0.00725. The van der Waals surface area contributed by atoms with E-state index in [2.05, 4.69) is 10.8 Å². The number of nitrogens with zero attached hydrogens (tertiary/aromatic N) is 1. The van der Waals surface area contributed by atoms with Crippen LogP contribution in [0.4, 0.5) is 0 Å². The van der Waals surface area contributed by atoms with Gasteiger partial charge in [0.15, 0.2) is 0 Å². The second-order valence-corrected chi connectivity index (χ2v) is 7.45. The third-order valence-corrected chi connectivity index (χ3v) is 5.85. The largest absolute Gasteiger partial charge is 0.328 e. The van der Waals surface area contributed by atoms with Gasteiger partial charge in [-0.1, -0.05) is 24.3 Å². The van der Waals surface area contributed by atoms with E-state index in [4.69, 9.17) is 5.73 Å². The minimum atomic E-state index is -3.41. The van der Waals surface area contributed by atoms with Gasteiger partial charge in [0.2, 0.25) is 0 Å². The molecule has 0 amide bonds. The molecule has 0 aromatic heterocycles. The average Bonchev–Trinajstić information content (AvgIpc) is 2.83. The summed E-state index contributed by atoms with van der Waals surface area (Å²) in [5, 5.41) is 0.